The van der Waals surface area contributed by atoms with Gasteiger partial charge in [-0.15, -0.1) is 0 Å². The van der Waals surface area contributed by atoms with Crippen LogP contribution in [0.1, 0.15) is 11.1 Å². The molecule has 0 spiro atoms. The molecule has 0 radical (unpaired) electrons. The highest BCUT2D eigenvalue weighted by Crippen LogP contribution is 2.17. The second-order valence-electron chi connectivity index (χ2n) is 6.05. The second kappa shape index (κ2) is 9.38. The van der Waals surface area contributed by atoms with Crippen LogP contribution in [0.3, 0.4) is 0 Å². The van der Waals surface area contributed by atoms with E-state index in [2.05, 4.69) is 44.9 Å². The second-order valence-corrected chi connectivity index (χ2v) is 6.05. The molecule has 0 aliphatic rings. The molecule has 0 unspecified atom stereocenters. The third kappa shape index (κ3) is 5.31. The molecule has 2 N–H and O–H groups in total. The van der Waals surface area contributed by atoms with Crippen LogP contribution in [-0.4, -0.2) is 25.1 Å². The fourth-order valence-electron chi connectivity index (χ4n) is 2.75. The molecule has 5 nitrogen and oxygen atoms in total. The topological polar surface area (TPSA) is 58.5 Å². The van der Waals surface area contributed by atoms with E-state index in [9.17, 15) is 0 Å². The summed E-state index contributed by atoms with van der Waals surface area (Å²) in [7, 11) is 3.44. The minimum absolute atomic E-state index is 0.671. The fraction of sp³-hybridized carbons (Fsp3) is 0.182. The molecule has 0 saturated heterocycles. The van der Waals surface area contributed by atoms with Gasteiger partial charge in [0, 0.05) is 31.9 Å². The number of aromatic nitrogens is 1. The molecule has 0 saturated carbocycles. The Kier molecular flexibility index (Phi) is 6.41. The van der Waals surface area contributed by atoms with Crippen molar-refractivity contribution >= 4 is 5.96 Å². The molecule has 2 aromatic carbocycles. The zero-order valence-corrected chi connectivity index (χ0v) is 15.6. The van der Waals surface area contributed by atoms with Crippen molar-refractivity contribution in [3.8, 4) is 17.0 Å². The van der Waals surface area contributed by atoms with Crippen LogP contribution in [-0.2, 0) is 13.1 Å². The SMILES string of the molecule is CN=C(NCc1cccc(OC)c1)NCc1cccc(-c2ccccn2)c1. The van der Waals surface area contributed by atoms with Crippen LogP contribution in [0.15, 0.2) is 77.9 Å². The van der Waals surface area contributed by atoms with Gasteiger partial charge in [-0.25, -0.2) is 0 Å². The lowest BCUT2D eigenvalue weighted by Crippen LogP contribution is -2.36. The first-order valence-electron chi connectivity index (χ1n) is 8.86. The van der Waals surface area contributed by atoms with E-state index in [0.717, 1.165) is 28.5 Å². The van der Waals surface area contributed by atoms with Crippen molar-refractivity contribution in [3.63, 3.8) is 0 Å². The van der Waals surface area contributed by atoms with E-state index in [1.807, 2.05) is 48.7 Å². The van der Waals surface area contributed by atoms with Gasteiger partial charge in [0.15, 0.2) is 5.96 Å². The lowest BCUT2D eigenvalue weighted by Gasteiger charge is -2.13. The predicted octanol–water partition coefficient (Wildman–Crippen LogP) is 3.62. The van der Waals surface area contributed by atoms with Crippen LogP contribution < -0.4 is 15.4 Å². The molecule has 1 aromatic heterocycles. The summed E-state index contributed by atoms with van der Waals surface area (Å²) >= 11 is 0. The predicted molar refractivity (Wildman–Crippen MR) is 110 cm³/mol. The standard InChI is InChI=1S/C22H24N4O/c1-23-22(26-16-18-8-6-10-20(14-18)27-2)25-15-17-7-5-9-19(13-17)21-11-3-4-12-24-21/h3-14H,15-16H2,1-2H3,(H2,23,25,26). The summed E-state index contributed by atoms with van der Waals surface area (Å²) in [6, 6.07) is 22.3. The van der Waals surface area contributed by atoms with Gasteiger partial charge < -0.3 is 15.4 Å². The molecule has 0 bridgehead atoms. The normalized spacial score (nSPS) is 11.1. The lowest BCUT2D eigenvalue weighted by molar-refractivity contribution is 0.414. The number of methoxy groups -OCH3 is 1. The van der Waals surface area contributed by atoms with Crippen molar-refractivity contribution in [3.05, 3.63) is 84.1 Å². The third-order valence-corrected chi connectivity index (χ3v) is 4.17. The van der Waals surface area contributed by atoms with Gasteiger partial charge in [-0.1, -0.05) is 36.4 Å². The van der Waals surface area contributed by atoms with Gasteiger partial charge >= 0.3 is 0 Å². The molecule has 0 aliphatic carbocycles. The fourth-order valence-corrected chi connectivity index (χ4v) is 2.75. The Hall–Kier alpha value is -3.34. The van der Waals surface area contributed by atoms with Crippen LogP contribution in [0, 0.1) is 0 Å². The van der Waals surface area contributed by atoms with Crippen molar-refractivity contribution in [2.45, 2.75) is 13.1 Å². The Morgan fingerprint density at radius 1 is 0.926 bits per heavy atom. The number of hydrogen-bond acceptors (Lipinski definition) is 3. The summed E-state index contributed by atoms with van der Waals surface area (Å²) in [6.07, 6.45) is 1.81. The number of aliphatic imine (C=N–C) groups is 1. The molecule has 1 heterocycles. The van der Waals surface area contributed by atoms with E-state index in [1.54, 1.807) is 14.2 Å². The maximum atomic E-state index is 5.26. The van der Waals surface area contributed by atoms with E-state index in [-0.39, 0.29) is 0 Å². The minimum Gasteiger partial charge on any atom is -0.497 e. The first-order valence-corrected chi connectivity index (χ1v) is 8.86. The number of hydrogen-bond donors (Lipinski definition) is 2. The Labute approximate surface area is 160 Å². The molecule has 138 valence electrons. The van der Waals surface area contributed by atoms with Gasteiger partial charge in [0.2, 0.25) is 0 Å². The van der Waals surface area contributed by atoms with E-state index in [4.69, 9.17) is 4.74 Å². The number of rotatable bonds is 6. The smallest absolute Gasteiger partial charge is 0.191 e. The number of benzene rings is 2. The van der Waals surface area contributed by atoms with Crippen molar-refractivity contribution in [1.82, 2.24) is 15.6 Å². The highest BCUT2D eigenvalue weighted by Gasteiger charge is 2.03. The van der Waals surface area contributed by atoms with Gasteiger partial charge in [-0.3, -0.25) is 9.98 Å². The molecule has 0 aliphatic heterocycles. The molecular formula is C22H24N4O. The molecule has 27 heavy (non-hydrogen) atoms. The summed E-state index contributed by atoms with van der Waals surface area (Å²) in [6.45, 7) is 1.35. The lowest BCUT2D eigenvalue weighted by atomic mass is 10.1. The third-order valence-electron chi connectivity index (χ3n) is 4.17. The largest absolute Gasteiger partial charge is 0.497 e. The van der Waals surface area contributed by atoms with Gasteiger partial charge in [0.05, 0.1) is 12.8 Å². The Morgan fingerprint density at radius 2 is 1.67 bits per heavy atom. The van der Waals surface area contributed by atoms with Gasteiger partial charge in [0.25, 0.3) is 0 Å². The summed E-state index contributed by atoms with van der Waals surface area (Å²) in [4.78, 5) is 8.70. The highest BCUT2D eigenvalue weighted by atomic mass is 16.5. The van der Waals surface area contributed by atoms with Gasteiger partial charge in [0.1, 0.15) is 5.75 Å². The van der Waals surface area contributed by atoms with Crippen molar-refractivity contribution < 1.29 is 4.74 Å². The number of nitrogens with zero attached hydrogens (tertiary/aromatic N) is 2. The summed E-state index contributed by atoms with van der Waals surface area (Å²) < 4.78 is 5.26. The average Bonchev–Trinajstić information content (AvgIpc) is 2.75. The summed E-state index contributed by atoms with van der Waals surface area (Å²) in [5.74, 6) is 1.60. The number of ether oxygens (including phenoxy) is 1. The molecule has 0 amide bonds. The molecule has 5 heteroatoms. The number of nitrogens with one attached hydrogen (secondary N) is 2. The Morgan fingerprint density at radius 3 is 2.33 bits per heavy atom. The zero-order chi connectivity index (χ0) is 18.9. The van der Waals surface area contributed by atoms with Crippen LogP contribution >= 0.6 is 0 Å². The van der Waals surface area contributed by atoms with Crippen molar-refractivity contribution in [1.29, 1.82) is 0 Å². The zero-order valence-electron chi connectivity index (χ0n) is 15.6. The Bertz CT molecular complexity index is 894. The van der Waals surface area contributed by atoms with E-state index in [1.165, 1.54) is 5.56 Å². The summed E-state index contributed by atoms with van der Waals surface area (Å²) in [5, 5.41) is 6.68. The Balaban J connectivity index is 1.58. The van der Waals surface area contributed by atoms with Crippen molar-refractivity contribution in [2.75, 3.05) is 14.2 Å². The van der Waals surface area contributed by atoms with Gasteiger partial charge in [-0.05, 0) is 41.5 Å². The summed E-state index contributed by atoms with van der Waals surface area (Å²) in [5.41, 5.74) is 4.38. The van der Waals surface area contributed by atoms with Crippen LogP contribution in [0.25, 0.3) is 11.3 Å². The van der Waals surface area contributed by atoms with Crippen LogP contribution in [0.5, 0.6) is 5.75 Å². The highest BCUT2D eigenvalue weighted by molar-refractivity contribution is 5.79. The first-order chi connectivity index (χ1) is 13.3. The van der Waals surface area contributed by atoms with Crippen LogP contribution in [0.2, 0.25) is 0 Å². The number of pyridine rings is 1. The van der Waals surface area contributed by atoms with Crippen LogP contribution in [0.4, 0.5) is 0 Å². The van der Waals surface area contributed by atoms with E-state index in [0.29, 0.717) is 13.1 Å². The molecule has 0 atom stereocenters. The minimum atomic E-state index is 0.671. The molecule has 3 aromatic rings. The monoisotopic (exact) mass is 360 g/mol. The van der Waals surface area contributed by atoms with E-state index < -0.39 is 0 Å². The molecular weight excluding hydrogens is 336 g/mol. The maximum absolute atomic E-state index is 5.26. The first kappa shape index (κ1) is 18.5. The van der Waals surface area contributed by atoms with E-state index >= 15 is 0 Å². The number of guanidine groups is 1. The molecule has 3 rings (SSSR count). The quantitative estimate of drug-likeness (QED) is 0.521. The molecule has 0 fully saturated rings. The van der Waals surface area contributed by atoms with Crippen molar-refractivity contribution in [2.24, 2.45) is 4.99 Å². The van der Waals surface area contributed by atoms with Gasteiger partial charge in [-0.2, -0.15) is 0 Å². The average molecular weight is 360 g/mol. The maximum Gasteiger partial charge on any atom is 0.191 e.